The average molecular weight is 284 g/mol. The molecule has 4 heteroatoms. The Kier molecular flexibility index (Phi) is 3.20. The lowest BCUT2D eigenvalue weighted by Crippen LogP contribution is -2.03. The second-order valence-electron chi connectivity index (χ2n) is 4.71. The molecule has 0 unspecified atom stereocenters. The number of benzene rings is 2. The lowest BCUT2D eigenvalue weighted by molar-refractivity contribution is 1.44. The van der Waals surface area contributed by atoms with Gasteiger partial charge in [0, 0.05) is 21.6 Å². The third-order valence-electron chi connectivity index (χ3n) is 3.07. The Morgan fingerprint density at radius 3 is 2.55 bits per heavy atom. The van der Waals surface area contributed by atoms with E-state index >= 15 is 0 Å². The Hall–Kier alpha value is -2.26. The number of amidine groups is 1. The molecule has 2 aromatic carbocycles. The molecule has 0 aliphatic heterocycles. The van der Waals surface area contributed by atoms with Gasteiger partial charge in [-0.2, -0.15) is 0 Å². The van der Waals surface area contributed by atoms with Crippen molar-refractivity contribution in [1.82, 2.24) is 4.98 Å². The van der Waals surface area contributed by atoms with Crippen molar-refractivity contribution in [2.24, 2.45) is 10.7 Å². The first-order valence-corrected chi connectivity index (χ1v) is 6.69. The Morgan fingerprint density at radius 2 is 1.85 bits per heavy atom. The molecule has 0 saturated heterocycles. The van der Waals surface area contributed by atoms with Gasteiger partial charge in [0.15, 0.2) is 0 Å². The predicted octanol–water partition coefficient (Wildman–Crippen LogP) is 4.50. The van der Waals surface area contributed by atoms with Gasteiger partial charge >= 0.3 is 0 Å². The lowest BCUT2D eigenvalue weighted by atomic mass is 10.1. The molecule has 3 rings (SSSR count). The number of nitrogens with zero attached hydrogens (tertiary/aromatic N) is 1. The summed E-state index contributed by atoms with van der Waals surface area (Å²) in [7, 11) is 0. The van der Waals surface area contributed by atoms with Crippen LogP contribution in [0.4, 0.5) is 5.69 Å². The molecule has 3 aromatic rings. The first kappa shape index (κ1) is 12.8. The van der Waals surface area contributed by atoms with Crippen LogP contribution < -0.4 is 5.73 Å². The molecule has 0 aliphatic carbocycles. The summed E-state index contributed by atoms with van der Waals surface area (Å²) in [5.74, 6) is 0.554. The SMILES string of the molecule is CC(N)=Nc1ccc2[nH]c(-c3ccc(Cl)cc3)cc2c1. The highest BCUT2D eigenvalue weighted by Gasteiger charge is 2.04. The highest BCUT2D eigenvalue weighted by Crippen LogP contribution is 2.27. The number of rotatable bonds is 2. The number of aliphatic imine (C=N–C) groups is 1. The number of fused-ring (bicyclic) bond motifs is 1. The van der Waals surface area contributed by atoms with E-state index in [0.29, 0.717) is 5.84 Å². The Bertz CT molecular complexity index is 781. The van der Waals surface area contributed by atoms with Crippen LogP contribution in [0.5, 0.6) is 0 Å². The van der Waals surface area contributed by atoms with E-state index in [4.69, 9.17) is 17.3 Å². The first-order valence-electron chi connectivity index (χ1n) is 6.31. The molecule has 3 N–H and O–H groups in total. The van der Waals surface area contributed by atoms with Crippen molar-refractivity contribution < 1.29 is 0 Å². The molecule has 3 nitrogen and oxygen atoms in total. The minimum atomic E-state index is 0.554. The van der Waals surface area contributed by atoms with Crippen molar-refractivity contribution in [2.45, 2.75) is 6.92 Å². The Balaban J connectivity index is 2.06. The van der Waals surface area contributed by atoms with Gasteiger partial charge in [-0.15, -0.1) is 0 Å². The molecule has 0 fully saturated rings. The maximum Gasteiger partial charge on any atom is 0.0964 e. The Labute approximate surface area is 122 Å². The van der Waals surface area contributed by atoms with Crippen LogP contribution in [0.25, 0.3) is 22.2 Å². The second kappa shape index (κ2) is 5.02. The van der Waals surface area contributed by atoms with Crippen LogP contribution in [0.3, 0.4) is 0 Å². The fourth-order valence-corrected chi connectivity index (χ4v) is 2.30. The molecule has 20 heavy (non-hydrogen) atoms. The molecule has 0 radical (unpaired) electrons. The van der Waals surface area contributed by atoms with Crippen molar-refractivity contribution in [3.63, 3.8) is 0 Å². The smallest absolute Gasteiger partial charge is 0.0964 e. The van der Waals surface area contributed by atoms with Gasteiger partial charge < -0.3 is 10.7 Å². The van der Waals surface area contributed by atoms with Gasteiger partial charge in [-0.3, -0.25) is 0 Å². The fraction of sp³-hybridized carbons (Fsp3) is 0.0625. The van der Waals surface area contributed by atoms with Gasteiger partial charge in [-0.25, -0.2) is 4.99 Å². The molecule has 0 atom stereocenters. The van der Waals surface area contributed by atoms with Crippen LogP contribution in [0.2, 0.25) is 5.02 Å². The van der Waals surface area contributed by atoms with Crippen LogP contribution in [0.15, 0.2) is 53.5 Å². The maximum absolute atomic E-state index is 5.91. The predicted molar refractivity (Wildman–Crippen MR) is 85.7 cm³/mol. The summed E-state index contributed by atoms with van der Waals surface area (Å²) in [5, 5.41) is 1.84. The van der Waals surface area contributed by atoms with E-state index in [9.17, 15) is 0 Å². The number of nitrogens with one attached hydrogen (secondary N) is 1. The number of nitrogens with two attached hydrogens (primary N) is 1. The van der Waals surface area contributed by atoms with Gasteiger partial charge in [0.25, 0.3) is 0 Å². The first-order chi connectivity index (χ1) is 9.61. The fourth-order valence-electron chi connectivity index (χ4n) is 2.18. The number of hydrogen-bond donors (Lipinski definition) is 2. The van der Waals surface area contributed by atoms with Crippen molar-refractivity contribution in [2.75, 3.05) is 0 Å². The maximum atomic E-state index is 5.91. The summed E-state index contributed by atoms with van der Waals surface area (Å²) in [6.07, 6.45) is 0. The summed E-state index contributed by atoms with van der Waals surface area (Å²) in [5.41, 5.74) is 9.70. The molecule has 100 valence electrons. The van der Waals surface area contributed by atoms with E-state index < -0.39 is 0 Å². The summed E-state index contributed by atoms with van der Waals surface area (Å²) in [6.45, 7) is 1.78. The number of H-pyrrole nitrogens is 1. The minimum absolute atomic E-state index is 0.554. The number of hydrogen-bond acceptors (Lipinski definition) is 1. The van der Waals surface area contributed by atoms with Gasteiger partial charge in [0.1, 0.15) is 0 Å². The minimum Gasteiger partial charge on any atom is -0.387 e. The van der Waals surface area contributed by atoms with Crippen molar-refractivity contribution in [3.05, 3.63) is 53.6 Å². The van der Waals surface area contributed by atoms with Crippen LogP contribution in [-0.2, 0) is 0 Å². The van der Waals surface area contributed by atoms with E-state index in [-0.39, 0.29) is 0 Å². The quantitative estimate of drug-likeness (QED) is 0.528. The standard InChI is InChI=1S/C16H14ClN3/c1-10(18)19-14-6-7-15-12(8-14)9-16(20-15)11-2-4-13(17)5-3-11/h2-9,20H,1H3,(H2,18,19). The summed E-state index contributed by atoms with van der Waals surface area (Å²) in [4.78, 5) is 7.66. The lowest BCUT2D eigenvalue weighted by Gasteiger charge is -1.97. The largest absolute Gasteiger partial charge is 0.387 e. The normalized spacial score (nSPS) is 12.0. The van der Waals surface area contributed by atoms with E-state index in [1.54, 1.807) is 6.92 Å². The van der Waals surface area contributed by atoms with E-state index in [0.717, 1.165) is 32.9 Å². The zero-order valence-electron chi connectivity index (χ0n) is 11.0. The highest BCUT2D eigenvalue weighted by atomic mass is 35.5. The monoisotopic (exact) mass is 283 g/mol. The topological polar surface area (TPSA) is 54.2 Å². The molecule has 0 bridgehead atoms. The van der Waals surface area contributed by atoms with Crippen molar-refractivity contribution in [3.8, 4) is 11.3 Å². The van der Waals surface area contributed by atoms with Crippen LogP contribution in [-0.4, -0.2) is 10.8 Å². The van der Waals surface area contributed by atoms with Crippen molar-refractivity contribution in [1.29, 1.82) is 0 Å². The molecular formula is C16H14ClN3. The number of halogens is 1. The van der Waals surface area contributed by atoms with Crippen molar-refractivity contribution >= 4 is 34.0 Å². The molecule has 0 aliphatic rings. The molecule has 0 spiro atoms. The van der Waals surface area contributed by atoms with Crippen LogP contribution in [0.1, 0.15) is 6.92 Å². The van der Waals surface area contributed by atoms with Gasteiger partial charge in [0.05, 0.1) is 11.5 Å². The molecule has 0 amide bonds. The highest BCUT2D eigenvalue weighted by molar-refractivity contribution is 6.30. The Morgan fingerprint density at radius 1 is 1.10 bits per heavy atom. The third kappa shape index (κ3) is 2.53. The van der Waals surface area contributed by atoms with E-state index in [1.165, 1.54) is 0 Å². The third-order valence-corrected chi connectivity index (χ3v) is 3.32. The average Bonchev–Trinajstić information content (AvgIpc) is 2.81. The molecular weight excluding hydrogens is 270 g/mol. The van der Waals surface area contributed by atoms with Crippen LogP contribution in [0, 0.1) is 0 Å². The zero-order valence-corrected chi connectivity index (χ0v) is 11.8. The summed E-state index contributed by atoms with van der Waals surface area (Å²) < 4.78 is 0. The molecule has 0 saturated carbocycles. The number of aromatic nitrogens is 1. The zero-order chi connectivity index (χ0) is 14.1. The van der Waals surface area contributed by atoms with Crippen LogP contribution >= 0.6 is 11.6 Å². The van der Waals surface area contributed by atoms with Gasteiger partial charge in [0.2, 0.25) is 0 Å². The van der Waals surface area contributed by atoms with E-state index in [2.05, 4.69) is 16.0 Å². The molecule has 1 aromatic heterocycles. The molecule has 1 heterocycles. The van der Waals surface area contributed by atoms with Gasteiger partial charge in [-0.05, 0) is 48.9 Å². The van der Waals surface area contributed by atoms with Gasteiger partial charge in [-0.1, -0.05) is 23.7 Å². The summed E-state index contributed by atoms with van der Waals surface area (Å²) in [6, 6.07) is 15.8. The number of aromatic amines is 1. The van der Waals surface area contributed by atoms with E-state index in [1.807, 2.05) is 42.5 Å². The summed E-state index contributed by atoms with van der Waals surface area (Å²) >= 11 is 5.91. The second-order valence-corrected chi connectivity index (χ2v) is 5.15.